The first-order chi connectivity index (χ1) is 12.5. The Bertz CT molecular complexity index is 821. The van der Waals surface area contributed by atoms with Gasteiger partial charge in [0.2, 0.25) is 11.8 Å². The van der Waals surface area contributed by atoms with Crippen molar-refractivity contribution in [2.45, 2.75) is 25.9 Å². The van der Waals surface area contributed by atoms with Crippen molar-refractivity contribution < 1.29 is 23.1 Å². The van der Waals surface area contributed by atoms with Gasteiger partial charge in [0.1, 0.15) is 17.6 Å². The van der Waals surface area contributed by atoms with Crippen molar-refractivity contribution in [3.63, 3.8) is 0 Å². The highest BCUT2D eigenvalue weighted by atomic mass is 19.1. The van der Waals surface area contributed by atoms with Crippen molar-refractivity contribution in [3.8, 4) is 11.5 Å². The van der Waals surface area contributed by atoms with Crippen molar-refractivity contribution in [1.29, 1.82) is 0 Å². The minimum absolute atomic E-state index is 0.0318. The Kier molecular flexibility index (Phi) is 5.32. The Hall–Kier alpha value is -2.74. The van der Waals surface area contributed by atoms with Crippen molar-refractivity contribution in [2.24, 2.45) is 0 Å². The normalized spacial score (nSPS) is 17.8. The van der Waals surface area contributed by atoms with Crippen LogP contribution in [0.1, 0.15) is 17.9 Å². The van der Waals surface area contributed by atoms with Crippen LogP contribution in [0.3, 0.4) is 0 Å². The van der Waals surface area contributed by atoms with E-state index in [9.17, 15) is 14.0 Å². The quantitative estimate of drug-likeness (QED) is 0.816. The van der Waals surface area contributed by atoms with Gasteiger partial charge in [-0.15, -0.1) is 0 Å². The number of hydrogen-bond donors (Lipinski definition) is 1. The van der Waals surface area contributed by atoms with Crippen LogP contribution >= 0.6 is 0 Å². The smallest absolute Gasteiger partial charge is 0.307 e. The minimum atomic E-state index is -0.620. The number of rotatable bonds is 5. The molecule has 1 aromatic carbocycles. The number of hydrogen-bond acceptors (Lipinski definition) is 6. The van der Waals surface area contributed by atoms with Crippen LogP contribution in [0.2, 0.25) is 0 Å². The fourth-order valence-corrected chi connectivity index (χ4v) is 2.93. The number of ether oxygens (including phenoxy) is 1. The molecular formula is C18H20FN3O4. The third kappa shape index (κ3) is 3.91. The van der Waals surface area contributed by atoms with Gasteiger partial charge < -0.3 is 14.5 Å². The lowest BCUT2D eigenvalue weighted by Crippen LogP contribution is -2.55. The van der Waals surface area contributed by atoms with Gasteiger partial charge in [0.25, 0.3) is 0 Å². The summed E-state index contributed by atoms with van der Waals surface area (Å²) in [5, 5.41) is 2.76. The van der Waals surface area contributed by atoms with E-state index in [0.29, 0.717) is 42.5 Å². The van der Waals surface area contributed by atoms with Gasteiger partial charge in [-0.05, 0) is 25.1 Å². The SMILES string of the molecule is COC(=O)C[C@@H]1C(=O)NCCN1Cc1nc(-c2cccc(F)c2)oc1C. The fourth-order valence-electron chi connectivity index (χ4n) is 2.93. The molecular weight excluding hydrogens is 341 g/mol. The number of aryl methyl sites for hydroxylation is 1. The summed E-state index contributed by atoms with van der Waals surface area (Å²) in [7, 11) is 1.29. The van der Waals surface area contributed by atoms with E-state index < -0.39 is 12.0 Å². The van der Waals surface area contributed by atoms with Crippen LogP contribution in [0, 0.1) is 12.7 Å². The lowest BCUT2D eigenvalue weighted by molar-refractivity contribution is -0.146. The van der Waals surface area contributed by atoms with Crippen LogP contribution in [-0.2, 0) is 20.9 Å². The van der Waals surface area contributed by atoms with Gasteiger partial charge in [0.05, 0.1) is 19.2 Å². The van der Waals surface area contributed by atoms with E-state index in [1.54, 1.807) is 19.1 Å². The van der Waals surface area contributed by atoms with Gasteiger partial charge >= 0.3 is 5.97 Å². The predicted octanol–water partition coefficient (Wildman–Crippen LogP) is 1.65. The van der Waals surface area contributed by atoms with E-state index in [4.69, 9.17) is 4.42 Å². The maximum atomic E-state index is 13.4. The van der Waals surface area contributed by atoms with Crippen LogP contribution in [0.15, 0.2) is 28.7 Å². The highest BCUT2D eigenvalue weighted by Gasteiger charge is 2.33. The van der Waals surface area contributed by atoms with Crippen LogP contribution in [-0.4, -0.2) is 48.0 Å². The van der Waals surface area contributed by atoms with Gasteiger partial charge in [-0.25, -0.2) is 9.37 Å². The van der Waals surface area contributed by atoms with Gasteiger partial charge in [-0.1, -0.05) is 6.07 Å². The number of aromatic nitrogens is 1. The molecule has 0 aliphatic carbocycles. The number of amides is 1. The lowest BCUT2D eigenvalue weighted by Gasteiger charge is -2.33. The summed E-state index contributed by atoms with van der Waals surface area (Å²) in [4.78, 5) is 30.1. The molecule has 2 aromatic rings. The van der Waals surface area contributed by atoms with Crippen LogP contribution in [0.4, 0.5) is 4.39 Å². The monoisotopic (exact) mass is 361 g/mol. The molecule has 3 rings (SSSR count). The summed E-state index contributed by atoms with van der Waals surface area (Å²) < 4.78 is 23.8. The average Bonchev–Trinajstić information content (AvgIpc) is 2.98. The number of nitrogens with one attached hydrogen (secondary N) is 1. The second-order valence-electron chi connectivity index (χ2n) is 6.09. The molecule has 138 valence electrons. The first kappa shape index (κ1) is 18.1. The molecule has 1 aliphatic rings. The molecule has 0 spiro atoms. The number of esters is 1. The topological polar surface area (TPSA) is 84.7 Å². The van der Waals surface area contributed by atoms with E-state index in [0.717, 1.165) is 0 Å². The molecule has 8 heteroatoms. The number of oxazole rings is 1. The Morgan fingerprint density at radius 2 is 2.31 bits per heavy atom. The molecule has 1 saturated heterocycles. The lowest BCUT2D eigenvalue weighted by atomic mass is 10.1. The zero-order chi connectivity index (χ0) is 18.7. The number of benzene rings is 1. The van der Waals surface area contributed by atoms with Crippen molar-refractivity contribution >= 4 is 11.9 Å². The van der Waals surface area contributed by atoms with E-state index >= 15 is 0 Å². The summed E-state index contributed by atoms with van der Waals surface area (Å²) >= 11 is 0. The number of methoxy groups -OCH3 is 1. The van der Waals surface area contributed by atoms with Crippen LogP contribution in [0.5, 0.6) is 0 Å². The molecule has 26 heavy (non-hydrogen) atoms. The fraction of sp³-hybridized carbons (Fsp3) is 0.389. The zero-order valence-electron chi connectivity index (χ0n) is 14.6. The molecule has 1 aliphatic heterocycles. The molecule has 1 atom stereocenters. The van der Waals surface area contributed by atoms with E-state index in [2.05, 4.69) is 15.0 Å². The molecule has 0 bridgehead atoms. The van der Waals surface area contributed by atoms with Gasteiger partial charge in [-0.2, -0.15) is 0 Å². The number of carbonyl (C=O) groups is 2. The summed E-state index contributed by atoms with van der Waals surface area (Å²) in [6, 6.07) is 5.38. The molecule has 1 fully saturated rings. The van der Waals surface area contributed by atoms with Gasteiger partial charge in [0.15, 0.2) is 0 Å². The average molecular weight is 361 g/mol. The first-order valence-electron chi connectivity index (χ1n) is 8.28. The molecule has 0 radical (unpaired) electrons. The third-order valence-electron chi connectivity index (χ3n) is 4.35. The Balaban J connectivity index is 1.80. The molecule has 0 unspecified atom stereocenters. The molecule has 1 N–H and O–H groups in total. The van der Waals surface area contributed by atoms with E-state index in [1.165, 1.54) is 19.2 Å². The largest absolute Gasteiger partial charge is 0.469 e. The number of piperazine rings is 1. The molecule has 7 nitrogen and oxygen atoms in total. The second kappa shape index (κ2) is 7.65. The van der Waals surface area contributed by atoms with Crippen LogP contribution in [0.25, 0.3) is 11.5 Å². The Labute approximate surface area is 150 Å². The first-order valence-corrected chi connectivity index (χ1v) is 8.28. The number of halogens is 1. The van der Waals surface area contributed by atoms with E-state index in [-0.39, 0.29) is 18.1 Å². The maximum Gasteiger partial charge on any atom is 0.307 e. The van der Waals surface area contributed by atoms with Crippen molar-refractivity contribution in [1.82, 2.24) is 15.2 Å². The molecule has 1 aromatic heterocycles. The summed E-state index contributed by atoms with van der Waals surface area (Å²) in [5.74, 6) is -0.122. The van der Waals surface area contributed by atoms with E-state index in [1.807, 2.05) is 4.90 Å². The van der Waals surface area contributed by atoms with Crippen molar-refractivity contribution in [3.05, 3.63) is 41.5 Å². The predicted molar refractivity (Wildman–Crippen MR) is 90.5 cm³/mol. The Morgan fingerprint density at radius 3 is 3.04 bits per heavy atom. The standard InChI is InChI=1S/C18H20FN3O4/c1-11-14(21-18(26-11)12-4-3-5-13(19)8-12)10-22-7-6-20-17(24)15(22)9-16(23)25-2/h3-5,8,15H,6-7,9-10H2,1-2H3,(H,20,24)/t15-/m1/s1. The highest BCUT2D eigenvalue weighted by Crippen LogP contribution is 2.24. The molecule has 0 saturated carbocycles. The van der Waals surface area contributed by atoms with Crippen LogP contribution < -0.4 is 5.32 Å². The maximum absolute atomic E-state index is 13.4. The number of nitrogens with zero attached hydrogens (tertiary/aromatic N) is 2. The summed E-state index contributed by atoms with van der Waals surface area (Å²) in [5.41, 5.74) is 1.19. The summed E-state index contributed by atoms with van der Waals surface area (Å²) in [6.45, 7) is 3.18. The third-order valence-corrected chi connectivity index (χ3v) is 4.35. The Morgan fingerprint density at radius 1 is 1.50 bits per heavy atom. The molecule has 2 heterocycles. The highest BCUT2D eigenvalue weighted by molar-refractivity contribution is 5.87. The van der Waals surface area contributed by atoms with Gasteiger partial charge in [-0.3, -0.25) is 14.5 Å². The van der Waals surface area contributed by atoms with Gasteiger partial charge in [0, 0.05) is 25.2 Å². The van der Waals surface area contributed by atoms with Crippen molar-refractivity contribution in [2.75, 3.05) is 20.2 Å². The minimum Gasteiger partial charge on any atom is -0.469 e. The summed E-state index contributed by atoms with van der Waals surface area (Å²) in [6.07, 6.45) is -0.0318. The zero-order valence-corrected chi connectivity index (χ0v) is 14.6. The number of carbonyl (C=O) groups excluding carboxylic acids is 2. The molecule has 1 amide bonds. The second-order valence-corrected chi connectivity index (χ2v) is 6.09.